The number of benzene rings is 2. The number of ether oxygens (including phenoxy) is 1. The lowest BCUT2D eigenvalue weighted by Crippen LogP contribution is -2.23. The first-order valence-electron chi connectivity index (χ1n) is 9.25. The Labute approximate surface area is 177 Å². The largest absolute Gasteiger partial charge is 0.472 e. The maximum Gasteiger partial charge on any atom is 0.368 e. The molecule has 0 fully saturated rings. The van der Waals surface area contributed by atoms with Gasteiger partial charge in [-0.1, -0.05) is 35.9 Å². The van der Waals surface area contributed by atoms with E-state index in [1.807, 2.05) is 55.6 Å². The van der Waals surface area contributed by atoms with Crippen LogP contribution in [0, 0.1) is 0 Å². The molecule has 4 aromatic rings. The predicted octanol–water partition coefficient (Wildman–Crippen LogP) is 3.42. The first-order valence-corrected chi connectivity index (χ1v) is 9.63. The Kier molecular flexibility index (Phi) is 5.49. The number of rotatable bonds is 6. The van der Waals surface area contributed by atoms with Crippen LogP contribution in [-0.2, 0) is 13.7 Å². The normalized spacial score (nSPS) is 11.3. The maximum atomic E-state index is 12.4. The smallest absolute Gasteiger partial charge is 0.368 e. The fraction of sp³-hybridized carbons (Fsp3) is 0.143. The molecule has 0 spiro atoms. The Morgan fingerprint density at radius 2 is 1.90 bits per heavy atom. The minimum absolute atomic E-state index is 0.205. The van der Waals surface area contributed by atoms with Crippen molar-refractivity contribution in [1.82, 2.24) is 29.6 Å². The molecule has 0 saturated heterocycles. The van der Waals surface area contributed by atoms with Crippen LogP contribution in [0.25, 0.3) is 17.5 Å². The first-order chi connectivity index (χ1) is 14.6. The van der Waals surface area contributed by atoms with E-state index < -0.39 is 0 Å². The molecule has 0 aliphatic rings. The van der Waals surface area contributed by atoms with Crippen LogP contribution in [0.5, 0.6) is 5.88 Å². The van der Waals surface area contributed by atoms with Crippen molar-refractivity contribution in [2.75, 3.05) is 0 Å². The lowest BCUT2D eigenvalue weighted by atomic mass is 10.1. The molecule has 2 aromatic carbocycles. The van der Waals surface area contributed by atoms with Gasteiger partial charge in [-0.2, -0.15) is 9.36 Å². The highest BCUT2D eigenvalue weighted by molar-refractivity contribution is 6.30. The number of halogens is 1. The van der Waals surface area contributed by atoms with Gasteiger partial charge in [0.05, 0.1) is 11.4 Å². The number of hydrogen-bond acceptors (Lipinski definition) is 5. The summed E-state index contributed by atoms with van der Waals surface area (Å²) in [7, 11) is 1.56. The first kappa shape index (κ1) is 19.7. The quantitative estimate of drug-likeness (QED) is 0.475. The minimum Gasteiger partial charge on any atom is -0.472 e. The van der Waals surface area contributed by atoms with Crippen molar-refractivity contribution in [2.45, 2.75) is 13.5 Å². The molecule has 0 atom stereocenters. The van der Waals surface area contributed by atoms with Crippen LogP contribution < -0.4 is 10.4 Å². The van der Waals surface area contributed by atoms with Gasteiger partial charge in [-0.05, 0) is 53.2 Å². The van der Waals surface area contributed by atoms with E-state index in [0.717, 1.165) is 16.8 Å². The van der Waals surface area contributed by atoms with E-state index in [-0.39, 0.29) is 12.3 Å². The molecule has 0 aliphatic heterocycles. The van der Waals surface area contributed by atoms with Gasteiger partial charge in [0, 0.05) is 29.9 Å². The number of nitrogens with zero attached hydrogens (tertiary/aromatic N) is 6. The van der Waals surface area contributed by atoms with Gasteiger partial charge in [-0.15, -0.1) is 5.10 Å². The van der Waals surface area contributed by atoms with Crippen LogP contribution in [0.1, 0.15) is 18.1 Å². The summed E-state index contributed by atoms with van der Waals surface area (Å²) >= 11 is 5.95. The van der Waals surface area contributed by atoms with Crippen LogP contribution in [0.2, 0.25) is 5.02 Å². The molecule has 0 saturated carbocycles. The maximum absolute atomic E-state index is 12.4. The summed E-state index contributed by atoms with van der Waals surface area (Å²) in [5.41, 5.74) is 2.88. The second-order valence-corrected chi connectivity index (χ2v) is 6.94. The zero-order chi connectivity index (χ0) is 21.1. The van der Waals surface area contributed by atoms with Crippen LogP contribution in [-0.4, -0.2) is 29.6 Å². The van der Waals surface area contributed by atoms with Gasteiger partial charge in [-0.25, -0.2) is 9.48 Å². The van der Waals surface area contributed by atoms with Gasteiger partial charge in [0.1, 0.15) is 6.61 Å². The molecule has 0 bridgehead atoms. The Morgan fingerprint density at radius 1 is 1.10 bits per heavy atom. The number of aryl methyl sites for hydroxylation is 1. The third-order valence-corrected chi connectivity index (χ3v) is 4.76. The van der Waals surface area contributed by atoms with Crippen molar-refractivity contribution in [3.05, 3.63) is 87.4 Å². The molecule has 152 valence electrons. The Bertz CT molecular complexity index is 1250. The van der Waals surface area contributed by atoms with Gasteiger partial charge in [0.25, 0.3) is 0 Å². The predicted molar refractivity (Wildman–Crippen MR) is 114 cm³/mol. The molecule has 4 rings (SSSR count). The molecule has 0 aliphatic carbocycles. The summed E-state index contributed by atoms with van der Waals surface area (Å²) in [5, 5.41) is 12.9. The molecule has 0 N–H and O–H groups in total. The summed E-state index contributed by atoms with van der Waals surface area (Å²) in [4.78, 5) is 12.4. The lowest BCUT2D eigenvalue weighted by Gasteiger charge is -2.12. The molecular weight excluding hydrogens is 404 g/mol. The molecule has 9 heteroatoms. The van der Waals surface area contributed by atoms with Crippen molar-refractivity contribution in [3.8, 4) is 17.3 Å². The fourth-order valence-electron chi connectivity index (χ4n) is 3.02. The average Bonchev–Trinajstić information content (AvgIpc) is 3.35. The molecule has 8 nitrogen and oxygen atoms in total. The van der Waals surface area contributed by atoms with E-state index in [0.29, 0.717) is 16.6 Å². The van der Waals surface area contributed by atoms with Crippen LogP contribution in [0.15, 0.2) is 65.6 Å². The Hall–Kier alpha value is -3.65. The van der Waals surface area contributed by atoms with Gasteiger partial charge in [0.15, 0.2) is 0 Å². The second-order valence-electron chi connectivity index (χ2n) is 6.51. The van der Waals surface area contributed by atoms with Crippen LogP contribution in [0.3, 0.4) is 0 Å². The van der Waals surface area contributed by atoms with Crippen molar-refractivity contribution in [2.24, 2.45) is 7.05 Å². The fourth-order valence-corrected chi connectivity index (χ4v) is 3.14. The Morgan fingerprint density at radius 3 is 2.60 bits per heavy atom. The van der Waals surface area contributed by atoms with E-state index in [1.54, 1.807) is 29.9 Å². The molecule has 0 radical (unpaired) electrons. The number of hydrogen-bond donors (Lipinski definition) is 0. The van der Waals surface area contributed by atoms with Crippen molar-refractivity contribution < 1.29 is 4.74 Å². The zero-order valence-electron chi connectivity index (χ0n) is 16.4. The lowest BCUT2D eigenvalue weighted by molar-refractivity contribution is 0.291. The van der Waals surface area contributed by atoms with Crippen molar-refractivity contribution in [3.63, 3.8) is 0 Å². The van der Waals surface area contributed by atoms with E-state index in [9.17, 15) is 4.79 Å². The highest BCUT2D eigenvalue weighted by atomic mass is 35.5. The summed E-state index contributed by atoms with van der Waals surface area (Å²) < 4.78 is 10.1. The second kappa shape index (κ2) is 8.38. The summed E-state index contributed by atoms with van der Waals surface area (Å²) in [6.07, 6.45) is 5.69. The van der Waals surface area contributed by atoms with Crippen LogP contribution in [0.4, 0.5) is 0 Å². The minimum atomic E-state index is -0.333. The standard InChI is InChI=1S/C21H19ClN6O2/c1-3-5-15-6-4-7-19(28-21(29)26(2)24-25-28)18(15)14-30-20-12-13-27(23-20)17-10-8-16(22)9-11-17/h3-13H,14H2,1-2H3/b5-3+. The summed E-state index contributed by atoms with van der Waals surface area (Å²) in [6, 6.07) is 14.8. The van der Waals surface area contributed by atoms with E-state index in [2.05, 4.69) is 15.5 Å². The molecule has 30 heavy (non-hydrogen) atoms. The average molecular weight is 423 g/mol. The zero-order valence-corrected chi connectivity index (χ0v) is 17.2. The molecule has 2 heterocycles. The van der Waals surface area contributed by atoms with E-state index in [1.165, 1.54) is 9.36 Å². The topological polar surface area (TPSA) is 79.8 Å². The van der Waals surface area contributed by atoms with Gasteiger partial charge < -0.3 is 4.74 Å². The van der Waals surface area contributed by atoms with E-state index in [4.69, 9.17) is 16.3 Å². The highest BCUT2D eigenvalue weighted by Crippen LogP contribution is 2.22. The third kappa shape index (κ3) is 3.90. The van der Waals surface area contributed by atoms with Crippen molar-refractivity contribution >= 4 is 17.7 Å². The van der Waals surface area contributed by atoms with Gasteiger partial charge in [0.2, 0.25) is 5.88 Å². The highest BCUT2D eigenvalue weighted by Gasteiger charge is 2.15. The Balaban J connectivity index is 1.64. The molecular formula is C21H19ClN6O2. The van der Waals surface area contributed by atoms with Crippen molar-refractivity contribution in [1.29, 1.82) is 0 Å². The van der Waals surface area contributed by atoms with Crippen LogP contribution >= 0.6 is 11.6 Å². The number of aromatic nitrogens is 6. The summed E-state index contributed by atoms with van der Waals surface area (Å²) in [5.74, 6) is 0.456. The van der Waals surface area contributed by atoms with Gasteiger partial charge >= 0.3 is 5.69 Å². The van der Waals surface area contributed by atoms with E-state index >= 15 is 0 Å². The molecule has 0 unspecified atom stereocenters. The monoisotopic (exact) mass is 422 g/mol. The number of allylic oxidation sites excluding steroid dienone is 1. The molecule has 0 amide bonds. The number of tetrazole rings is 1. The summed E-state index contributed by atoms with van der Waals surface area (Å²) in [6.45, 7) is 2.14. The third-order valence-electron chi connectivity index (χ3n) is 4.50. The van der Waals surface area contributed by atoms with Gasteiger partial charge in [-0.3, -0.25) is 0 Å². The SMILES string of the molecule is C/C=C/c1cccc(-n2nnn(C)c2=O)c1COc1ccn(-c2ccc(Cl)cc2)n1. The molecule has 2 aromatic heterocycles.